The molecular formula is C21H22FN3O3. The van der Waals surface area contributed by atoms with Crippen molar-refractivity contribution in [2.45, 2.75) is 32.2 Å². The molecule has 1 fully saturated rings. The van der Waals surface area contributed by atoms with Crippen LogP contribution < -0.4 is 15.5 Å². The number of carbonyl (C=O) groups excluding carboxylic acids is 3. The Morgan fingerprint density at radius 3 is 2.39 bits per heavy atom. The lowest BCUT2D eigenvalue weighted by atomic mass is 10.2. The van der Waals surface area contributed by atoms with Crippen LogP contribution in [0.4, 0.5) is 15.8 Å². The van der Waals surface area contributed by atoms with Crippen LogP contribution in [0, 0.1) is 5.82 Å². The molecule has 0 bridgehead atoms. The predicted molar refractivity (Wildman–Crippen MR) is 105 cm³/mol. The van der Waals surface area contributed by atoms with Crippen molar-refractivity contribution in [3.63, 3.8) is 0 Å². The molecule has 3 rings (SSSR count). The molecule has 0 aliphatic carbocycles. The number of hydrogen-bond acceptors (Lipinski definition) is 3. The monoisotopic (exact) mass is 383 g/mol. The van der Waals surface area contributed by atoms with Crippen LogP contribution in [0.1, 0.15) is 36.5 Å². The third-order valence-electron chi connectivity index (χ3n) is 4.66. The van der Waals surface area contributed by atoms with Crippen LogP contribution in [0.5, 0.6) is 0 Å². The Bertz CT molecular complexity index is 865. The molecule has 28 heavy (non-hydrogen) atoms. The number of rotatable bonds is 6. The van der Waals surface area contributed by atoms with Crippen molar-refractivity contribution in [1.82, 2.24) is 5.32 Å². The smallest absolute Gasteiger partial charge is 0.251 e. The topological polar surface area (TPSA) is 78.5 Å². The number of amides is 3. The van der Waals surface area contributed by atoms with Gasteiger partial charge in [0.15, 0.2) is 0 Å². The Balaban J connectivity index is 1.46. The number of anilines is 2. The molecule has 6 nitrogen and oxygen atoms in total. The third kappa shape index (κ3) is 4.73. The molecule has 0 spiro atoms. The van der Waals surface area contributed by atoms with Gasteiger partial charge < -0.3 is 15.5 Å². The zero-order chi connectivity index (χ0) is 20.1. The molecule has 146 valence electrons. The van der Waals surface area contributed by atoms with Gasteiger partial charge in [-0.15, -0.1) is 0 Å². The minimum atomic E-state index is -0.412. The van der Waals surface area contributed by atoms with Crippen LogP contribution in [0.2, 0.25) is 0 Å². The van der Waals surface area contributed by atoms with Gasteiger partial charge in [-0.05, 0) is 61.9 Å². The molecule has 0 radical (unpaired) electrons. The van der Waals surface area contributed by atoms with E-state index in [0.29, 0.717) is 17.7 Å². The maximum absolute atomic E-state index is 12.9. The zero-order valence-corrected chi connectivity index (χ0v) is 15.6. The molecule has 2 aromatic rings. The summed E-state index contributed by atoms with van der Waals surface area (Å²) < 4.78 is 12.9. The average Bonchev–Trinajstić information content (AvgIpc) is 3.01. The first-order valence-corrected chi connectivity index (χ1v) is 9.20. The van der Waals surface area contributed by atoms with Gasteiger partial charge in [-0.2, -0.15) is 0 Å². The van der Waals surface area contributed by atoms with Gasteiger partial charge in [-0.25, -0.2) is 4.39 Å². The molecule has 7 heteroatoms. The van der Waals surface area contributed by atoms with Gasteiger partial charge in [-0.1, -0.05) is 0 Å². The van der Waals surface area contributed by atoms with E-state index in [1.807, 2.05) is 19.1 Å². The van der Waals surface area contributed by atoms with E-state index >= 15 is 0 Å². The second-order valence-corrected chi connectivity index (χ2v) is 6.76. The molecule has 2 aromatic carbocycles. The lowest BCUT2D eigenvalue weighted by Gasteiger charge is -2.21. The molecular weight excluding hydrogens is 361 g/mol. The summed E-state index contributed by atoms with van der Waals surface area (Å²) in [6, 6.07) is 12.5. The van der Waals surface area contributed by atoms with Gasteiger partial charge in [0, 0.05) is 42.4 Å². The maximum Gasteiger partial charge on any atom is 0.251 e. The predicted octanol–water partition coefficient (Wildman–Crippen LogP) is 3.10. The molecule has 1 atom stereocenters. The molecule has 1 aliphatic rings. The SMILES string of the molecule is CC1CCC(=O)N1c1ccc(NC(=O)CCNC(=O)c2ccc(F)cc2)cc1. The molecule has 3 amide bonds. The van der Waals surface area contributed by atoms with Gasteiger partial charge >= 0.3 is 0 Å². The van der Waals surface area contributed by atoms with Crippen molar-refractivity contribution >= 4 is 29.1 Å². The average molecular weight is 383 g/mol. The fraction of sp³-hybridized carbons (Fsp3) is 0.286. The van der Waals surface area contributed by atoms with Crippen LogP contribution in [0.3, 0.4) is 0 Å². The summed E-state index contributed by atoms with van der Waals surface area (Å²) in [4.78, 5) is 37.7. The quantitative estimate of drug-likeness (QED) is 0.805. The fourth-order valence-corrected chi connectivity index (χ4v) is 3.15. The second kappa shape index (κ2) is 8.65. The Morgan fingerprint density at radius 2 is 1.79 bits per heavy atom. The summed E-state index contributed by atoms with van der Waals surface area (Å²) in [7, 11) is 0. The summed E-state index contributed by atoms with van der Waals surface area (Å²) in [5.41, 5.74) is 1.78. The van der Waals surface area contributed by atoms with E-state index in [1.165, 1.54) is 24.3 Å². The van der Waals surface area contributed by atoms with Crippen LogP contribution in [-0.4, -0.2) is 30.3 Å². The second-order valence-electron chi connectivity index (χ2n) is 6.76. The summed E-state index contributed by atoms with van der Waals surface area (Å²) in [6.45, 7) is 2.18. The van der Waals surface area contributed by atoms with E-state index < -0.39 is 5.82 Å². The fourth-order valence-electron chi connectivity index (χ4n) is 3.15. The zero-order valence-electron chi connectivity index (χ0n) is 15.6. The van der Waals surface area contributed by atoms with Crippen LogP contribution >= 0.6 is 0 Å². The minimum Gasteiger partial charge on any atom is -0.352 e. The highest BCUT2D eigenvalue weighted by Gasteiger charge is 2.28. The standard InChI is InChI=1S/C21H22FN3O3/c1-14-2-11-20(27)25(14)18-9-7-17(8-10-18)24-19(26)12-13-23-21(28)15-3-5-16(22)6-4-15/h3-10,14H,2,11-13H2,1H3,(H,23,28)(H,24,26). The normalized spacial score (nSPS) is 16.1. The maximum atomic E-state index is 12.9. The molecule has 0 saturated carbocycles. The number of nitrogens with one attached hydrogen (secondary N) is 2. The van der Waals surface area contributed by atoms with E-state index in [-0.39, 0.29) is 36.7 Å². The number of carbonyl (C=O) groups is 3. The number of benzene rings is 2. The van der Waals surface area contributed by atoms with Crippen molar-refractivity contribution in [3.05, 3.63) is 59.9 Å². The van der Waals surface area contributed by atoms with Crippen LogP contribution in [-0.2, 0) is 9.59 Å². The third-order valence-corrected chi connectivity index (χ3v) is 4.66. The van der Waals surface area contributed by atoms with E-state index in [0.717, 1.165) is 12.1 Å². The highest BCUT2D eigenvalue weighted by atomic mass is 19.1. The van der Waals surface area contributed by atoms with E-state index in [9.17, 15) is 18.8 Å². The lowest BCUT2D eigenvalue weighted by Crippen LogP contribution is -2.30. The summed E-state index contributed by atoms with van der Waals surface area (Å²) >= 11 is 0. The summed E-state index contributed by atoms with van der Waals surface area (Å²) in [5.74, 6) is -0.897. The summed E-state index contributed by atoms with van der Waals surface area (Å²) in [5, 5.41) is 5.38. The number of hydrogen-bond donors (Lipinski definition) is 2. The molecule has 1 aliphatic heterocycles. The molecule has 1 saturated heterocycles. The van der Waals surface area contributed by atoms with Gasteiger partial charge in [0.05, 0.1) is 0 Å². The van der Waals surface area contributed by atoms with E-state index in [2.05, 4.69) is 10.6 Å². The molecule has 1 heterocycles. The highest BCUT2D eigenvalue weighted by molar-refractivity contribution is 5.97. The van der Waals surface area contributed by atoms with Crippen LogP contribution in [0.25, 0.3) is 0 Å². The highest BCUT2D eigenvalue weighted by Crippen LogP contribution is 2.27. The molecule has 2 N–H and O–H groups in total. The first kappa shape index (κ1) is 19.5. The largest absolute Gasteiger partial charge is 0.352 e. The van der Waals surface area contributed by atoms with Gasteiger partial charge in [0.1, 0.15) is 5.82 Å². The van der Waals surface area contributed by atoms with Crippen molar-refractivity contribution in [2.24, 2.45) is 0 Å². The van der Waals surface area contributed by atoms with E-state index in [1.54, 1.807) is 17.0 Å². The Hall–Kier alpha value is -3.22. The molecule has 0 aromatic heterocycles. The number of nitrogens with zero attached hydrogens (tertiary/aromatic N) is 1. The van der Waals surface area contributed by atoms with Gasteiger partial charge in [0.25, 0.3) is 5.91 Å². The van der Waals surface area contributed by atoms with Crippen molar-refractivity contribution in [1.29, 1.82) is 0 Å². The minimum absolute atomic E-state index is 0.107. The van der Waals surface area contributed by atoms with Gasteiger partial charge in [-0.3, -0.25) is 14.4 Å². The van der Waals surface area contributed by atoms with Crippen LogP contribution in [0.15, 0.2) is 48.5 Å². The van der Waals surface area contributed by atoms with Crippen molar-refractivity contribution in [3.8, 4) is 0 Å². The molecule has 1 unspecified atom stereocenters. The Labute approximate surface area is 162 Å². The Morgan fingerprint density at radius 1 is 1.11 bits per heavy atom. The summed E-state index contributed by atoms with van der Waals surface area (Å²) in [6.07, 6.45) is 1.51. The Kier molecular flexibility index (Phi) is 6.03. The number of halogens is 1. The van der Waals surface area contributed by atoms with E-state index in [4.69, 9.17) is 0 Å². The first-order chi connectivity index (χ1) is 13.4. The van der Waals surface area contributed by atoms with Gasteiger partial charge in [0.2, 0.25) is 11.8 Å². The van der Waals surface area contributed by atoms with Crippen molar-refractivity contribution in [2.75, 3.05) is 16.8 Å². The first-order valence-electron chi connectivity index (χ1n) is 9.20. The lowest BCUT2D eigenvalue weighted by molar-refractivity contribution is -0.117. The van der Waals surface area contributed by atoms with Crippen molar-refractivity contribution < 1.29 is 18.8 Å².